The van der Waals surface area contributed by atoms with Crippen molar-refractivity contribution in [3.05, 3.63) is 5.82 Å². The Morgan fingerprint density at radius 3 is 2.69 bits per heavy atom. The van der Waals surface area contributed by atoms with Crippen LogP contribution in [-0.4, -0.2) is 22.7 Å². The summed E-state index contributed by atoms with van der Waals surface area (Å²) in [5.74, 6) is 1.07. The van der Waals surface area contributed by atoms with E-state index < -0.39 is 0 Å². The van der Waals surface area contributed by atoms with Crippen molar-refractivity contribution in [2.75, 3.05) is 11.9 Å². The van der Waals surface area contributed by atoms with Crippen molar-refractivity contribution in [2.24, 2.45) is 11.7 Å². The van der Waals surface area contributed by atoms with Crippen molar-refractivity contribution in [3.8, 4) is 0 Å². The van der Waals surface area contributed by atoms with Crippen LogP contribution in [-0.2, 0) is 0 Å². The van der Waals surface area contributed by atoms with E-state index >= 15 is 0 Å². The van der Waals surface area contributed by atoms with Crippen LogP contribution in [0.25, 0.3) is 0 Å². The summed E-state index contributed by atoms with van der Waals surface area (Å²) in [6.45, 7) is 6.58. The van der Waals surface area contributed by atoms with Gasteiger partial charge in [0.05, 0.1) is 0 Å². The van der Waals surface area contributed by atoms with Gasteiger partial charge in [-0.1, -0.05) is 19.0 Å². The molecule has 13 heavy (non-hydrogen) atoms. The monoisotopic (exact) mass is 184 g/mol. The molecule has 0 saturated carbocycles. The summed E-state index contributed by atoms with van der Waals surface area (Å²) in [4.78, 5) is 4.00. The van der Waals surface area contributed by atoms with Gasteiger partial charge < -0.3 is 15.6 Å². The van der Waals surface area contributed by atoms with Crippen LogP contribution in [0.1, 0.15) is 19.7 Å². The first-order valence-electron chi connectivity index (χ1n) is 4.39. The molecule has 0 aromatic carbocycles. The van der Waals surface area contributed by atoms with Crippen LogP contribution in [0.15, 0.2) is 4.52 Å². The summed E-state index contributed by atoms with van der Waals surface area (Å²) in [5.41, 5.74) is 5.82. The number of hydrogen-bond acceptors (Lipinski definition) is 5. The lowest BCUT2D eigenvalue weighted by atomic mass is 10.1. The Morgan fingerprint density at radius 1 is 1.54 bits per heavy atom. The van der Waals surface area contributed by atoms with Gasteiger partial charge in [0.2, 0.25) is 0 Å². The molecular weight excluding hydrogens is 168 g/mol. The van der Waals surface area contributed by atoms with Crippen LogP contribution in [0.2, 0.25) is 0 Å². The maximum absolute atomic E-state index is 5.82. The molecule has 1 heterocycles. The fourth-order valence-corrected chi connectivity index (χ4v) is 0.810. The molecule has 5 nitrogen and oxygen atoms in total. The summed E-state index contributed by atoms with van der Waals surface area (Å²) in [6, 6.07) is 0.542. The van der Waals surface area contributed by atoms with Gasteiger partial charge in [-0.05, 0) is 12.8 Å². The molecule has 0 aliphatic heterocycles. The number of nitrogens with two attached hydrogens (primary N) is 1. The Hall–Kier alpha value is -1.10. The molecule has 0 fully saturated rings. The van der Waals surface area contributed by atoms with Crippen LogP contribution in [0.4, 0.5) is 6.01 Å². The topological polar surface area (TPSA) is 77.0 Å². The fraction of sp³-hybridized carbons (Fsp3) is 0.750. The van der Waals surface area contributed by atoms with Gasteiger partial charge in [-0.15, -0.1) is 0 Å². The van der Waals surface area contributed by atoms with Gasteiger partial charge in [0.1, 0.15) is 0 Å². The highest BCUT2D eigenvalue weighted by molar-refractivity contribution is 5.18. The zero-order valence-electron chi connectivity index (χ0n) is 8.24. The molecule has 0 radical (unpaired) electrons. The molecule has 3 N–H and O–H groups in total. The first-order chi connectivity index (χ1) is 6.09. The van der Waals surface area contributed by atoms with Crippen molar-refractivity contribution in [2.45, 2.75) is 26.8 Å². The molecule has 74 valence electrons. The Balaban J connectivity index is 2.35. The second kappa shape index (κ2) is 4.23. The van der Waals surface area contributed by atoms with Crippen LogP contribution in [0.5, 0.6) is 0 Å². The maximum Gasteiger partial charge on any atom is 0.321 e. The van der Waals surface area contributed by atoms with E-state index in [9.17, 15) is 0 Å². The summed E-state index contributed by atoms with van der Waals surface area (Å²) < 4.78 is 4.87. The highest BCUT2D eigenvalue weighted by Gasteiger charge is 2.08. The molecule has 1 aromatic heterocycles. The number of nitrogens with zero attached hydrogens (tertiary/aromatic N) is 2. The minimum absolute atomic E-state index is 0.104. The maximum atomic E-state index is 5.82. The number of rotatable bonds is 4. The molecule has 5 heteroatoms. The standard InChI is InChI=1S/C8H16N4O/c1-5(2)7(9)4-10-8-11-6(3)12-13-8/h5,7H,4,9H2,1-3H3,(H,10,11,12). The largest absolute Gasteiger partial charge is 0.336 e. The molecule has 0 aliphatic rings. The number of aromatic nitrogens is 2. The average molecular weight is 184 g/mol. The Kier molecular flexibility index (Phi) is 3.25. The first-order valence-corrected chi connectivity index (χ1v) is 4.39. The second-order valence-corrected chi connectivity index (χ2v) is 3.44. The predicted octanol–water partition coefficient (Wildman–Crippen LogP) is 0.773. The zero-order chi connectivity index (χ0) is 9.84. The van der Waals surface area contributed by atoms with Crippen molar-refractivity contribution in [3.63, 3.8) is 0 Å². The van der Waals surface area contributed by atoms with Crippen LogP contribution in [0.3, 0.4) is 0 Å². The predicted molar refractivity (Wildman–Crippen MR) is 50.3 cm³/mol. The highest BCUT2D eigenvalue weighted by Crippen LogP contribution is 2.04. The number of nitrogens with one attached hydrogen (secondary N) is 1. The van der Waals surface area contributed by atoms with Gasteiger partial charge in [0, 0.05) is 12.6 Å². The molecule has 1 aromatic rings. The van der Waals surface area contributed by atoms with E-state index in [1.165, 1.54) is 0 Å². The van der Waals surface area contributed by atoms with E-state index in [2.05, 4.69) is 29.3 Å². The third-order valence-electron chi connectivity index (χ3n) is 1.87. The lowest BCUT2D eigenvalue weighted by molar-refractivity contribution is 0.420. The Bertz CT molecular complexity index is 258. The molecule has 0 bridgehead atoms. The molecule has 1 atom stereocenters. The number of aryl methyl sites for hydroxylation is 1. The van der Waals surface area contributed by atoms with Crippen molar-refractivity contribution < 1.29 is 4.52 Å². The van der Waals surface area contributed by atoms with Gasteiger partial charge in [0.15, 0.2) is 5.82 Å². The average Bonchev–Trinajstić information content (AvgIpc) is 2.47. The van der Waals surface area contributed by atoms with Crippen molar-refractivity contribution >= 4 is 6.01 Å². The Labute approximate surface area is 77.7 Å². The fourth-order valence-electron chi connectivity index (χ4n) is 0.810. The molecule has 1 unspecified atom stereocenters. The number of hydrogen-bond donors (Lipinski definition) is 2. The minimum Gasteiger partial charge on any atom is -0.336 e. The quantitative estimate of drug-likeness (QED) is 0.722. The van der Waals surface area contributed by atoms with E-state index in [4.69, 9.17) is 10.3 Å². The Morgan fingerprint density at radius 2 is 2.23 bits per heavy atom. The molecular formula is C8H16N4O. The molecule has 0 aliphatic carbocycles. The highest BCUT2D eigenvalue weighted by atomic mass is 16.5. The van der Waals surface area contributed by atoms with Gasteiger partial charge in [-0.25, -0.2) is 0 Å². The summed E-state index contributed by atoms with van der Waals surface area (Å²) in [7, 11) is 0. The van der Waals surface area contributed by atoms with Crippen molar-refractivity contribution in [1.82, 2.24) is 10.1 Å². The lowest BCUT2D eigenvalue weighted by Crippen LogP contribution is -2.34. The zero-order valence-corrected chi connectivity index (χ0v) is 8.24. The van der Waals surface area contributed by atoms with Crippen molar-refractivity contribution in [1.29, 1.82) is 0 Å². The van der Waals surface area contributed by atoms with E-state index in [-0.39, 0.29) is 6.04 Å². The second-order valence-electron chi connectivity index (χ2n) is 3.44. The minimum atomic E-state index is 0.104. The number of anilines is 1. The molecule has 1 rings (SSSR count). The first kappa shape index (κ1) is 9.98. The molecule has 0 saturated heterocycles. The van der Waals surface area contributed by atoms with E-state index in [0.29, 0.717) is 24.3 Å². The normalized spacial score (nSPS) is 13.3. The van der Waals surface area contributed by atoms with E-state index in [1.54, 1.807) is 6.92 Å². The van der Waals surface area contributed by atoms with Crippen LogP contribution < -0.4 is 11.1 Å². The molecule has 0 amide bonds. The third kappa shape index (κ3) is 3.02. The third-order valence-corrected chi connectivity index (χ3v) is 1.87. The van der Waals surface area contributed by atoms with Crippen LogP contribution in [0, 0.1) is 12.8 Å². The van der Waals surface area contributed by atoms with E-state index in [0.717, 1.165) is 0 Å². The van der Waals surface area contributed by atoms with Gasteiger partial charge in [-0.2, -0.15) is 4.98 Å². The summed E-state index contributed by atoms with van der Waals surface area (Å²) in [5, 5.41) is 6.63. The lowest BCUT2D eigenvalue weighted by Gasteiger charge is -2.14. The summed E-state index contributed by atoms with van der Waals surface area (Å²) in [6.07, 6.45) is 0. The van der Waals surface area contributed by atoms with Gasteiger partial charge in [-0.3, -0.25) is 0 Å². The molecule has 0 spiro atoms. The smallest absolute Gasteiger partial charge is 0.321 e. The van der Waals surface area contributed by atoms with Gasteiger partial charge >= 0.3 is 6.01 Å². The SMILES string of the molecule is Cc1noc(NCC(N)C(C)C)n1. The summed E-state index contributed by atoms with van der Waals surface area (Å²) >= 11 is 0. The van der Waals surface area contributed by atoms with E-state index in [1.807, 2.05) is 0 Å². The van der Waals surface area contributed by atoms with Gasteiger partial charge in [0.25, 0.3) is 0 Å². The van der Waals surface area contributed by atoms with Crippen LogP contribution >= 0.6 is 0 Å².